The van der Waals surface area contributed by atoms with Crippen molar-refractivity contribution in [2.24, 2.45) is 23.2 Å². The highest BCUT2D eigenvalue weighted by atomic mass is 16.5. The molecule has 5 rings (SSSR count). The molecule has 2 fully saturated rings. The average Bonchev–Trinajstić information content (AvgIpc) is 3.54. The minimum Gasteiger partial charge on any atom is -0.497 e. The van der Waals surface area contributed by atoms with Crippen LogP contribution >= 0.6 is 0 Å². The second-order valence-corrected chi connectivity index (χ2v) is 9.91. The lowest BCUT2D eigenvalue weighted by atomic mass is 9.71. The van der Waals surface area contributed by atoms with Crippen LogP contribution in [0.3, 0.4) is 0 Å². The molecule has 2 nitrogen and oxygen atoms in total. The maximum Gasteiger partial charge on any atom is 0.118 e. The molecule has 0 bridgehead atoms. The molecule has 3 aliphatic rings. The first-order valence-electron chi connectivity index (χ1n) is 11.7. The first-order chi connectivity index (χ1) is 15.0. The Kier molecular flexibility index (Phi) is 5.20. The number of benzene rings is 2. The molecule has 2 saturated carbocycles. The van der Waals surface area contributed by atoms with Crippen LogP contribution < -0.4 is 4.74 Å². The summed E-state index contributed by atoms with van der Waals surface area (Å²) in [6.07, 6.45) is 9.70. The van der Waals surface area contributed by atoms with Gasteiger partial charge in [0.2, 0.25) is 0 Å². The summed E-state index contributed by atoms with van der Waals surface area (Å²) in [4.78, 5) is 0. The van der Waals surface area contributed by atoms with Gasteiger partial charge in [0.1, 0.15) is 11.5 Å². The number of methoxy groups -OCH3 is 2. The molecular formula is C29H34O2. The van der Waals surface area contributed by atoms with E-state index < -0.39 is 0 Å². The summed E-state index contributed by atoms with van der Waals surface area (Å²) >= 11 is 0. The van der Waals surface area contributed by atoms with Gasteiger partial charge in [0.25, 0.3) is 0 Å². The Balaban J connectivity index is 1.54. The summed E-state index contributed by atoms with van der Waals surface area (Å²) in [5, 5.41) is 0. The molecule has 162 valence electrons. The van der Waals surface area contributed by atoms with E-state index in [0.29, 0.717) is 29.1 Å². The number of hydrogen-bond acceptors (Lipinski definition) is 2. The Morgan fingerprint density at radius 1 is 0.968 bits per heavy atom. The molecule has 2 aromatic rings. The summed E-state index contributed by atoms with van der Waals surface area (Å²) in [5.74, 6) is 4.32. The predicted octanol–water partition coefficient (Wildman–Crippen LogP) is 6.85. The van der Waals surface area contributed by atoms with Crippen LogP contribution in [0.25, 0.3) is 0 Å². The lowest BCUT2D eigenvalue weighted by Crippen LogP contribution is -2.25. The third-order valence-corrected chi connectivity index (χ3v) is 8.30. The zero-order valence-electron chi connectivity index (χ0n) is 19.2. The fourth-order valence-corrected chi connectivity index (χ4v) is 6.30. The maximum atomic E-state index is 5.73. The molecule has 5 unspecified atom stereocenters. The highest BCUT2D eigenvalue weighted by Gasteiger charge is 2.60. The summed E-state index contributed by atoms with van der Waals surface area (Å²) in [6, 6.07) is 18.0. The van der Waals surface area contributed by atoms with Crippen LogP contribution in [0.5, 0.6) is 5.75 Å². The monoisotopic (exact) mass is 414 g/mol. The average molecular weight is 415 g/mol. The first-order valence-corrected chi connectivity index (χ1v) is 11.7. The fourth-order valence-electron chi connectivity index (χ4n) is 6.30. The highest BCUT2D eigenvalue weighted by Crippen LogP contribution is 2.69. The van der Waals surface area contributed by atoms with E-state index >= 15 is 0 Å². The lowest BCUT2D eigenvalue weighted by Gasteiger charge is -2.33. The van der Waals surface area contributed by atoms with Crippen LogP contribution in [0.2, 0.25) is 0 Å². The Morgan fingerprint density at radius 2 is 1.71 bits per heavy atom. The van der Waals surface area contributed by atoms with Gasteiger partial charge in [0, 0.05) is 0 Å². The van der Waals surface area contributed by atoms with Crippen molar-refractivity contribution in [1.29, 1.82) is 0 Å². The molecule has 0 heterocycles. The summed E-state index contributed by atoms with van der Waals surface area (Å²) in [6.45, 7) is 4.65. The Hall–Kier alpha value is -2.48. The first kappa shape index (κ1) is 20.4. The minimum atomic E-state index is 0.368. The van der Waals surface area contributed by atoms with Crippen LogP contribution in [-0.2, 0) is 11.2 Å². The third kappa shape index (κ3) is 3.60. The Bertz CT molecular complexity index is 998. The van der Waals surface area contributed by atoms with Gasteiger partial charge in [-0.05, 0) is 97.1 Å². The van der Waals surface area contributed by atoms with Gasteiger partial charge in [-0.2, -0.15) is 0 Å². The van der Waals surface area contributed by atoms with Gasteiger partial charge in [-0.15, -0.1) is 0 Å². The summed E-state index contributed by atoms with van der Waals surface area (Å²) in [7, 11) is 3.55. The lowest BCUT2D eigenvalue weighted by molar-refractivity contribution is 0.292. The highest BCUT2D eigenvalue weighted by molar-refractivity contribution is 5.44. The smallest absolute Gasteiger partial charge is 0.118 e. The zero-order valence-corrected chi connectivity index (χ0v) is 19.2. The maximum absolute atomic E-state index is 5.73. The molecule has 31 heavy (non-hydrogen) atoms. The van der Waals surface area contributed by atoms with E-state index in [9.17, 15) is 0 Å². The summed E-state index contributed by atoms with van der Waals surface area (Å²) in [5.41, 5.74) is 6.25. The van der Waals surface area contributed by atoms with Gasteiger partial charge in [0.15, 0.2) is 0 Å². The third-order valence-electron chi connectivity index (χ3n) is 8.30. The van der Waals surface area contributed by atoms with Crippen LogP contribution in [0.4, 0.5) is 0 Å². The standard InChI is InChI=1S/C29H34O2/c1-19-5-7-21(8-6-19)15-27-20(2)26(22-9-11-24(30-3)12-10-22)13-14-29-18-23(29)16-25(31-4)17-28(27)29/h5-12,16-17,20,23,26-27H,13-15,18H2,1-4H3. The molecule has 0 saturated heterocycles. The van der Waals surface area contributed by atoms with Gasteiger partial charge >= 0.3 is 0 Å². The Morgan fingerprint density at radius 3 is 2.39 bits per heavy atom. The van der Waals surface area contributed by atoms with Crippen LogP contribution in [0, 0.1) is 30.1 Å². The van der Waals surface area contributed by atoms with E-state index in [-0.39, 0.29) is 0 Å². The van der Waals surface area contributed by atoms with E-state index in [4.69, 9.17) is 9.47 Å². The van der Waals surface area contributed by atoms with Gasteiger partial charge in [-0.1, -0.05) is 54.5 Å². The van der Waals surface area contributed by atoms with E-state index in [2.05, 4.69) is 74.5 Å². The van der Waals surface area contributed by atoms with Crippen molar-refractivity contribution >= 4 is 0 Å². The van der Waals surface area contributed by atoms with Gasteiger partial charge in [-0.3, -0.25) is 0 Å². The van der Waals surface area contributed by atoms with Crippen molar-refractivity contribution in [2.45, 2.75) is 45.4 Å². The Labute approximate surface area is 187 Å². The van der Waals surface area contributed by atoms with Crippen molar-refractivity contribution in [3.05, 3.63) is 88.7 Å². The zero-order chi connectivity index (χ0) is 21.6. The normalized spacial score (nSPS) is 31.5. The van der Waals surface area contributed by atoms with E-state index in [1.807, 2.05) is 7.11 Å². The number of hydrogen-bond donors (Lipinski definition) is 0. The van der Waals surface area contributed by atoms with Crippen molar-refractivity contribution < 1.29 is 9.47 Å². The van der Waals surface area contributed by atoms with E-state index in [1.54, 1.807) is 12.7 Å². The minimum absolute atomic E-state index is 0.368. The molecule has 3 aliphatic carbocycles. The summed E-state index contributed by atoms with van der Waals surface area (Å²) < 4.78 is 11.1. The molecule has 5 atom stereocenters. The number of ether oxygens (including phenoxy) is 2. The second kappa shape index (κ2) is 7.89. The van der Waals surface area contributed by atoms with Crippen LogP contribution in [0.1, 0.15) is 48.8 Å². The molecule has 0 aromatic heterocycles. The van der Waals surface area contributed by atoms with Crippen LogP contribution in [-0.4, -0.2) is 14.2 Å². The van der Waals surface area contributed by atoms with Crippen molar-refractivity contribution in [2.75, 3.05) is 14.2 Å². The molecule has 0 amide bonds. The van der Waals surface area contributed by atoms with Gasteiger partial charge in [0.05, 0.1) is 14.2 Å². The quantitative estimate of drug-likeness (QED) is 0.532. The number of rotatable bonds is 5. The number of aryl methyl sites for hydroxylation is 1. The second-order valence-electron chi connectivity index (χ2n) is 9.91. The van der Waals surface area contributed by atoms with Gasteiger partial charge < -0.3 is 9.47 Å². The SMILES string of the molecule is COC1=CC2CC23CCC(c2ccc(OC)cc2)C(C)C(Cc2ccc(C)cc2)C3=C1. The van der Waals surface area contributed by atoms with Crippen molar-refractivity contribution in [3.8, 4) is 5.75 Å². The molecule has 2 aromatic carbocycles. The largest absolute Gasteiger partial charge is 0.497 e. The fraction of sp³-hybridized carbons (Fsp3) is 0.448. The van der Waals surface area contributed by atoms with Crippen LogP contribution in [0.15, 0.2) is 72.0 Å². The van der Waals surface area contributed by atoms with Crippen molar-refractivity contribution in [1.82, 2.24) is 0 Å². The van der Waals surface area contributed by atoms with Crippen molar-refractivity contribution in [3.63, 3.8) is 0 Å². The molecule has 2 heteroatoms. The number of allylic oxidation sites excluding steroid dienone is 3. The molecule has 0 N–H and O–H groups in total. The molecular weight excluding hydrogens is 380 g/mol. The molecule has 0 radical (unpaired) electrons. The predicted molar refractivity (Wildman–Crippen MR) is 126 cm³/mol. The molecule has 0 aliphatic heterocycles. The van der Waals surface area contributed by atoms with E-state index in [1.165, 1.54) is 36.0 Å². The van der Waals surface area contributed by atoms with E-state index in [0.717, 1.165) is 17.9 Å². The van der Waals surface area contributed by atoms with Gasteiger partial charge in [-0.25, -0.2) is 0 Å². The molecule has 1 spiro atoms. The topological polar surface area (TPSA) is 18.5 Å².